The summed E-state index contributed by atoms with van der Waals surface area (Å²) < 4.78 is 11.7. The predicted molar refractivity (Wildman–Crippen MR) is 105 cm³/mol. The van der Waals surface area contributed by atoms with E-state index < -0.39 is 0 Å². The van der Waals surface area contributed by atoms with Crippen LogP contribution in [0.3, 0.4) is 0 Å². The van der Waals surface area contributed by atoms with Crippen molar-refractivity contribution in [1.82, 2.24) is 10.2 Å². The Morgan fingerprint density at radius 3 is 2.56 bits per heavy atom. The number of anilines is 1. The minimum atomic E-state index is 0.378. The number of ether oxygens (including phenoxy) is 1. The minimum Gasteiger partial charge on any atom is -0.455 e. The molecule has 1 N–H and O–H groups in total. The molecule has 27 heavy (non-hydrogen) atoms. The third-order valence-electron chi connectivity index (χ3n) is 3.83. The van der Waals surface area contributed by atoms with Gasteiger partial charge < -0.3 is 14.5 Å². The van der Waals surface area contributed by atoms with E-state index in [9.17, 15) is 0 Å². The van der Waals surface area contributed by atoms with E-state index in [4.69, 9.17) is 20.8 Å². The summed E-state index contributed by atoms with van der Waals surface area (Å²) in [6, 6.07) is 24.6. The van der Waals surface area contributed by atoms with E-state index in [0.29, 0.717) is 23.3 Å². The molecule has 6 heteroatoms. The quantitative estimate of drug-likeness (QED) is 0.460. The molecule has 0 aliphatic heterocycles. The summed E-state index contributed by atoms with van der Waals surface area (Å²) in [5.74, 6) is 2.40. The summed E-state index contributed by atoms with van der Waals surface area (Å²) in [5.41, 5.74) is 1.62. The van der Waals surface area contributed by atoms with E-state index in [1.807, 2.05) is 66.7 Å². The van der Waals surface area contributed by atoms with E-state index in [1.54, 1.807) is 12.1 Å². The SMILES string of the molecule is Clc1cccc(-c2nnc(CNc3ccccc3Oc3ccccc3)o2)c1. The number of hydrogen-bond acceptors (Lipinski definition) is 5. The van der Waals surface area contributed by atoms with Gasteiger partial charge in [-0.2, -0.15) is 0 Å². The highest BCUT2D eigenvalue weighted by Crippen LogP contribution is 2.29. The molecule has 0 aliphatic rings. The fraction of sp³-hybridized carbons (Fsp3) is 0.0476. The number of aromatic nitrogens is 2. The van der Waals surface area contributed by atoms with Gasteiger partial charge >= 0.3 is 0 Å². The highest BCUT2D eigenvalue weighted by Gasteiger charge is 2.10. The van der Waals surface area contributed by atoms with Gasteiger partial charge in [-0.25, -0.2) is 0 Å². The van der Waals surface area contributed by atoms with Crippen molar-refractivity contribution in [3.63, 3.8) is 0 Å². The molecule has 3 aromatic carbocycles. The van der Waals surface area contributed by atoms with Crippen molar-refractivity contribution < 1.29 is 9.15 Å². The van der Waals surface area contributed by atoms with E-state index in [-0.39, 0.29) is 0 Å². The van der Waals surface area contributed by atoms with Crippen LogP contribution in [0.5, 0.6) is 11.5 Å². The lowest BCUT2D eigenvalue weighted by atomic mass is 10.2. The van der Waals surface area contributed by atoms with Crippen LogP contribution in [0, 0.1) is 0 Å². The monoisotopic (exact) mass is 377 g/mol. The summed E-state index contributed by atoms with van der Waals surface area (Å²) in [6.07, 6.45) is 0. The summed E-state index contributed by atoms with van der Waals surface area (Å²) in [6.45, 7) is 0.378. The molecule has 0 radical (unpaired) electrons. The molecule has 0 saturated heterocycles. The average molecular weight is 378 g/mol. The Bertz CT molecular complexity index is 1030. The van der Waals surface area contributed by atoms with Crippen molar-refractivity contribution in [2.45, 2.75) is 6.54 Å². The van der Waals surface area contributed by atoms with E-state index >= 15 is 0 Å². The molecule has 0 saturated carbocycles. The van der Waals surface area contributed by atoms with Crippen molar-refractivity contribution in [3.8, 4) is 23.0 Å². The first kappa shape index (κ1) is 17.1. The van der Waals surface area contributed by atoms with Crippen LogP contribution >= 0.6 is 11.6 Å². The zero-order chi connectivity index (χ0) is 18.5. The molecule has 0 atom stereocenters. The van der Waals surface area contributed by atoms with Crippen LogP contribution in [-0.2, 0) is 6.54 Å². The van der Waals surface area contributed by atoms with E-state index in [0.717, 1.165) is 22.7 Å². The first-order valence-electron chi connectivity index (χ1n) is 8.42. The standard InChI is InChI=1S/C21H16ClN3O2/c22-16-8-6-7-15(13-16)21-25-24-20(27-21)14-23-18-11-4-5-12-19(18)26-17-9-2-1-3-10-17/h1-13,23H,14H2. The van der Waals surface area contributed by atoms with Gasteiger partial charge in [-0.15, -0.1) is 10.2 Å². The van der Waals surface area contributed by atoms with Gasteiger partial charge in [0.15, 0.2) is 5.75 Å². The lowest BCUT2D eigenvalue weighted by Gasteiger charge is -2.11. The second kappa shape index (κ2) is 7.93. The second-order valence-corrected chi connectivity index (χ2v) is 6.21. The van der Waals surface area contributed by atoms with Crippen molar-refractivity contribution >= 4 is 17.3 Å². The molecule has 0 aliphatic carbocycles. The van der Waals surface area contributed by atoms with Gasteiger partial charge in [0.2, 0.25) is 11.8 Å². The molecule has 4 aromatic rings. The van der Waals surface area contributed by atoms with Gasteiger partial charge in [-0.3, -0.25) is 0 Å². The molecule has 4 rings (SSSR count). The molecule has 0 amide bonds. The molecular formula is C21H16ClN3O2. The highest BCUT2D eigenvalue weighted by molar-refractivity contribution is 6.30. The van der Waals surface area contributed by atoms with Gasteiger partial charge in [0.1, 0.15) is 5.75 Å². The Hall–Kier alpha value is -3.31. The van der Waals surface area contributed by atoms with Crippen LogP contribution in [0.1, 0.15) is 5.89 Å². The molecule has 0 fully saturated rings. The van der Waals surface area contributed by atoms with Gasteiger partial charge in [-0.05, 0) is 42.5 Å². The summed E-state index contributed by atoms with van der Waals surface area (Å²) >= 11 is 6.01. The van der Waals surface area contributed by atoms with Crippen molar-refractivity contribution in [2.75, 3.05) is 5.32 Å². The van der Waals surface area contributed by atoms with E-state index in [1.165, 1.54) is 0 Å². The largest absolute Gasteiger partial charge is 0.455 e. The van der Waals surface area contributed by atoms with Crippen molar-refractivity contribution in [3.05, 3.63) is 89.8 Å². The summed E-state index contributed by atoms with van der Waals surface area (Å²) in [7, 11) is 0. The van der Waals surface area contributed by atoms with Crippen LogP contribution in [0.15, 0.2) is 83.3 Å². The Labute approximate surface area is 161 Å². The maximum atomic E-state index is 6.01. The Morgan fingerprint density at radius 1 is 0.889 bits per heavy atom. The fourth-order valence-corrected chi connectivity index (χ4v) is 2.74. The smallest absolute Gasteiger partial charge is 0.247 e. The Balaban J connectivity index is 1.47. The highest BCUT2D eigenvalue weighted by atomic mass is 35.5. The van der Waals surface area contributed by atoms with Crippen molar-refractivity contribution in [2.24, 2.45) is 0 Å². The average Bonchev–Trinajstić information content (AvgIpc) is 3.17. The fourth-order valence-electron chi connectivity index (χ4n) is 2.55. The van der Waals surface area contributed by atoms with Crippen LogP contribution in [0.25, 0.3) is 11.5 Å². The second-order valence-electron chi connectivity index (χ2n) is 5.78. The molecule has 0 bridgehead atoms. The van der Waals surface area contributed by atoms with Gasteiger partial charge in [0.05, 0.1) is 12.2 Å². The summed E-state index contributed by atoms with van der Waals surface area (Å²) in [5, 5.41) is 12.1. The third-order valence-corrected chi connectivity index (χ3v) is 4.06. The van der Waals surface area contributed by atoms with Gasteiger partial charge in [0, 0.05) is 10.6 Å². The lowest BCUT2D eigenvalue weighted by molar-refractivity contribution is 0.483. The third kappa shape index (κ3) is 4.27. The number of halogens is 1. The van der Waals surface area contributed by atoms with Crippen LogP contribution in [0.4, 0.5) is 5.69 Å². The number of benzene rings is 3. The first-order chi connectivity index (χ1) is 13.3. The molecule has 1 heterocycles. The maximum Gasteiger partial charge on any atom is 0.247 e. The number of para-hydroxylation sites is 3. The van der Waals surface area contributed by atoms with Gasteiger partial charge in [-0.1, -0.05) is 48.0 Å². The maximum absolute atomic E-state index is 6.01. The van der Waals surface area contributed by atoms with Crippen LogP contribution in [0.2, 0.25) is 5.02 Å². The Morgan fingerprint density at radius 2 is 1.70 bits per heavy atom. The predicted octanol–water partition coefficient (Wildman–Crippen LogP) is 5.79. The van der Waals surface area contributed by atoms with E-state index in [2.05, 4.69) is 15.5 Å². The molecule has 0 spiro atoms. The number of hydrogen-bond donors (Lipinski definition) is 1. The minimum absolute atomic E-state index is 0.378. The molecule has 134 valence electrons. The molecule has 1 aromatic heterocycles. The van der Waals surface area contributed by atoms with Crippen LogP contribution < -0.4 is 10.1 Å². The molecule has 0 unspecified atom stereocenters. The lowest BCUT2D eigenvalue weighted by Crippen LogP contribution is -2.01. The number of rotatable bonds is 6. The summed E-state index contributed by atoms with van der Waals surface area (Å²) in [4.78, 5) is 0. The first-order valence-corrected chi connectivity index (χ1v) is 8.80. The topological polar surface area (TPSA) is 60.2 Å². The zero-order valence-corrected chi connectivity index (χ0v) is 15.1. The molecular weight excluding hydrogens is 362 g/mol. The normalized spacial score (nSPS) is 10.6. The van der Waals surface area contributed by atoms with Crippen LogP contribution in [-0.4, -0.2) is 10.2 Å². The number of nitrogens with one attached hydrogen (secondary N) is 1. The number of nitrogens with zero attached hydrogens (tertiary/aromatic N) is 2. The van der Waals surface area contributed by atoms with Crippen molar-refractivity contribution in [1.29, 1.82) is 0 Å². The Kier molecular flexibility index (Phi) is 5.03. The zero-order valence-electron chi connectivity index (χ0n) is 14.3. The molecule has 5 nitrogen and oxygen atoms in total. The van der Waals surface area contributed by atoms with Gasteiger partial charge in [0.25, 0.3) is 0 Å².